The third kappa shape index (κ3) is 4.91. The lowest BCUT2D eigenvalue weighted by Crippen LogP contribution is -2.13. The van der Waals surface area contributed by atoms with Crippen molar-refractivity contribution in [3.8, 4) is 0 Å². The number of amides is 1. The monoisotopic (exact) mass is 360 g/mol. The summed E-state index contributed by atoms with van der Waals surface area (Å²) in [5.74, 6) is 0.685. The van der Waals surface area contributed by atoms with Crippen LogP contribution in [0.15, 0.2) is 60.9 Å². The highest BCUT2D eigenvalue weighted by atomic mass is 16.1. The van der Waals surface area contributed by atoms with Gasteiger partial charge in [0.1, 0.15) is 0 Å². The SMILES string of the molecule is CCc1ccc(Nc2ncc(C(=O)Nc3ccc(C(C)C)cc3)cn2)cc1. The third-order valence-electron chi connectivity index (χ3n) is 4.37. The molecule has 5 nitrogen and oxygen atoms in total. The van der Waals surface area contributed by atoms with E-state index in [-0.39, 0.29) is 5.91 Å². The lowest BCUT2D eigenvalue weighted by Gasteiger charge is -2.09. The molecular weight excluding hydrogens is 336 g/mol. The molecule has 3 rings (SSSR count). The average Bonchev–Trinajstić information content (AvgIpc) is 2.69. The number of rotatable bonds is 6. The van der Waals surface area contributed by atoms with E-state index in [1.165, 1.54) is 23.5 Å². The van der Waals surface area contributed by atoms with Gasteiger partial charge in [-0.15, -0.1) is 0 Å². The zero-order valence-corrected chi connectivity index (χ0v) is 15.9. The first-order valence-corrected chi connectivity index (χ1v) is 9.14. The van der Waals surface area contributed by atoms with Crippen molar-refractivity contribution >= 4 is 23.2 Å². The molecule has 5 heteroatoms. The Kier molecular flexibility index (Phi) is 5.81. The maximum Gasteiger partial charge on any atom is 0.258 e. The standard InChI is InChI=1S/C22H24N4O/c1-4-16-5-9-20(10-6-16)26-22-23-13-18(14-24-22)21(27)25-19-11-7-17(8-12-19)15(2)3/h5-15H,4H2,1-3H3,(H,25,27)(H,23,24,26). The summed E-state index contributed by atoms with van der Waals surface area (Å²) in [6, 6.07) is 16.0. The van der Waals surface area contributed by atoms with Gasteiger partial charge in [0.05, 0.1) is 5.56 Å². The fourth-order valence-corrected chi connectivity index (χ4v) is 2.62. The molecule has 138 valence electrons. The smallest absolute Gasteiger partial charge is 0.258 e. The van der Waals surface area contributed by atoms with Gasteiger partial charge >= 0.3 is 0 Å². The van der Waals surface area contributed by atoms with Crippen LogP contribution < -0.4 is 10.6 Å². The average molecular weight is 360 g/mol. The number of aromatic nitrogens is 2. The van der Waals surface area contributed by atoms with E-state index < -0.39 is 0 Å². The van der Waals surface area contributed by atoms with Gasteiger partial charge in [-0.25, -0.2) is 9.97 Å². The lowest BCUT2D eigenvalue weighted by molar-refractivity contribution is 0.102. The number of nitrogens with zero attached hydrogens (tertiary/aromatic N) is 2. The molecule has 0 fully saturated rings. The zero-order chi connectivity index (χ0) is 19.2. The van der Waals surface area contributed by atoms with Gasteiger partial charge in [-0.1, -0.05) is 45.0 Å². The molecule has 2 N–H and O–H groups in total. The minimum absolute atomic E-state index is 0.230. The summed E-state index contributed by atoms with van der Waals surface area (Å²) in [5.41, 5.74) is 4.58. The van der Waals surface area contributed by atoms with E-state index >= 15 is 0 Å². The Morgan fingerprint density at radius 3 is 2.07 bits per heavy atom. The number of carbonyl (C=O) groups excluding carboxylic acids is 1. The van der Waals surface area contributed by atoms with Gasteiger partial charge in [-0.2, -0.15) is 0 Å². The predicted molar refractivity (Wildman–Crippen MR) is 110 cm³/mol. The maximum atomic E-state index is 12.4. The highest BCUT2D eigenvalue weighted by molar-refractivity contribution is 6.03. The van der Waals surface area contributed by atoms with Crippen molar-refractivity contribution in [1.82, 2.24) is 9.97 Å². The van der Waals surface area contributed by atoms with Gasteiger partial charge in [0, 0.05) is 23.8 Å². The predicted octanol–water partition coefficient (Wildman–Crippen LogP) is 5.16. The second kappa shape index (κ2) is 8.45. The second-order valence-electron chi connectivity index (χ2n) is 6.70. The van der Waals surface area contributed by atoms with Crippen LogP contribution in [0.4, 0.5) is 17.3 Å². The zero-order valence-electron chi connectivity index (χ0n) is 15.9. The molecule has 0 aliphatic carbocycles. The van der Waals surface area contributed by atoms with Crippen molar-refractivity contribution in [2.75, 3.05) is 10.6 Å². The van der Waals surface area contributed by atoms with Gasteiger partial charge in [0.15, 0.2) is 0 Å². The number of hydrogen-bond acceptors (Lipinski definition) is 4. The summed E-state index contributed by atoms with van der Waals surface area (Å²) in [5, 5.41) is 6.00. The van der Waals surface area contributed by atoms with Crippen LogP contribution in [0.25, 0.3) is 0 Å². The fraction of sp³-hybridized carbons (Fsp3) is 0.227. The molecule has 1 amide bonds. The summed E-state index contributed by atoms with van der Waals surface area (Å²) < 4.78 is 0. The second-order valence-corrected chi connectivity index (χ2v) is 6.70. The van der Waals surface area contributed by atoms with Crippen molar-refractivity contribution < 1.29 is 4.79 Å². The van der Waals surface area contributed by atoms with Gasteiger partial charge in [-0.05, 0) is 47.7 Å². The normalized spacial score (nSPS) is 10.7. The van der Waals surface area contributed by atoms with Crippen LogP contribution in [-0.2, 0) is 6.42 Å². The van der Waals surface area contributed by atoms with Crippen LogP contribution in [0.3, 0.4) is 0 Å². The van der Waals surface area contributed by atoms with Crippen LogP contribution >= 0.6 is 0 Å². The summed E-state index contributed by atoms with van der Waals surface area (Å²) in [4.78, 5) is 20.8. The highest BCUT2D eigenvalue weighted by Gasteiger charge is 2.08. The fourth-order valence-electron chi connectivity index (χ4n) is 2.62. The topological polar surface area (TPSA) is 66.9 Å². The molecule has 1 heterocycles. The number of carbonyl (C=O) groups is 1. The molecule has 0 bridgehead atoms. The molecule has 3 aromatic rings. The molecule has 0 aliphatic heterocycles. The number of anilines is 3. The Balaban J connectivity index is 1.62. The largest absolute Gasteiger partial charge is 0.324 e. The van der Waals surface area contributed by atoms with Crippen molar-refractivity contribution in [1.29, 1.82) is 0 Å². The summed E-state index contributed by atoms with van der Waals surface area (Å²) >= 11 is 0. The van der Waals surface area contributed by atoms with E-state index in [4.69, 9.17) is 0 Å². The number of benzene rings is 2. The first-order chi connectivity index (χ1) is 13.0. The Morgan fingerprint density at radius 1 is 0.926 bits per heavy atom. The van der Waals surface area contributed by atoms with Gasteiger partial charge in [0.2, 0.25) is 5.95 Å². The molecule has 0 saturated carbocycles. The van der Waals surface area contributed by atoms with Crippen molar-refractivity contribution in [3.63, 3.8) is 0 Å². The number of hydrogen-bond donors (Lipinski definition) is 2. The van der Waals surface area contributed by atoms with E-state index in [2.05, 4.69) is 53.5 Å². The van der Waals surface area contributed by atoms with E-state index in [9.17, 15) is 4.79 Å². The lowest BCUT2D eigenvalue weighted by atomic mass is 10.0. The van der Waals surface area contributed by atoms with Crippen LogP contribution in [0.5, 0.6) is 0 Å². The molecule has 0 atom stereocenters. The van der Waals surface area contributed by atoms with Crippen LogP contribution in [0.1, 0.15) is 48.2 Å². The number of nitrogens with one attached hydrogen (secondary N) is 2. The molecule has 1 aromatic heterocycles. The molecule has 0 radical (unpaired) electrons. The van der Waals surface area contributed by atoms with Gasteiger partial charge < -0.3 is 10.6 Å². The van der Waals surface area contributed by atoms with E-state index in [0.717, 1.165) is 17.8 Å². The van der Waals surface area contributed by atoms with E-state index in [1.807, 2.05) is 36.4 Å². The van der Waals surface area contributed by atoms with E-state index in [1.54, 1.807) is 0 Å². The number of aryl methyl sites for hydroxylation is 1. The van der Waals surface area contributed by atoms with Crippen molar-refractivity contribution in [2.24, 2.45) is 0 Å². The van der Waals surface area contributed by atoms with Crippen LogP contribution in [-0.4, -0.2) is 15.9 Å². The minimum atomic E-state index is -0.230. The van der Waals surface area contributed by atoms with E-state index in [0.29, 0.717) is 17.4 Å². The van der Waals surface area contributed by atoms with Crippen molar-refractivity contribution in [3.05, 3.63) is 77.6 Å². The Bertz CT molecular complexity index is 885. The van der Waals surface area contributed by atoms with Gasteiger partial charge in [-0.3, -0.25) is 4.79 Å². The maximum absolute atomic E-state index is 12.4. The highest BCUT2D eigenvalue weighted by Crippen LogP contribution is 2.18. The van der Waals surface area contributed by atoms with Gasteiger partial charge in [0.25, 0.3) is 5.91 Å². The Morgan fingerprint density at radius 2 is 1.52 bits per heavy atom. The third-order valence-corrected chi connectivity index (χ3v) is 4.37. The molecule has 0 aliphatic rings. The molecule has 27 heavy (non-hydrogen) atoms. The molecule has 2 aromatic carbocycles. The Hall–Kier alpha value is -3.21. The van der Waals surface area contributed by atoms with Crippen LogP contribution in [0, 0.1) is 0 Å². The summed E-state index contributed by atoms with van der Waals surface area (Å²) in [6.45, 7) is 6.39. The molecule has 0 unspecified atom stereocenters. The molecular formula is C22H24N4O. The minimum Gasteiger partial charge on any atom is -0.324 e. The van der Waals surface area contributed by atoms with Crippen LogP contribution in [0.2, 0.25) is 0 Å². The Labute approximate surface area is 159 Å². The first kappa shape index (κ1) is 18.6. The molecule has 0 saturated heterocycles. The quantitative estimate of drug-likeness (QED) is 0.637. The first-order valence-electron chi connectivity index (χ1n) is 9.14. The summed E-state index contributed by atoms with van der Waals surface area (Å²) in [6.07, 6.45) is 4.04. The molecule has 0 spiro atoms. The van der Waals surface area contributed by atoms with Crippen molar-refractivity contribution in [2.45, 2.75) is 33.1 Å². The summed E-state index contributed by atoms with van der Waals surface area (Å²) in [7, 11) is 0.